The molecule has 0 radical (unpaired) electrons. The third-order valence-corrected chi connectivity index (χ3v) is 16.2. The van der Waals surface area contributed by atoms with Crippen molar-refractivity contribution in [1.82, 2.24) is 0 Å². The van der Waals surface area contributed by atoms with Crippen LogP contribution in [0.1, 0.15) is 273 Å². The first kappa shape index (κ1) is 55.8. The number of hydrogen-bond acceptors (Lipinski definition) is 6. The second-order valence-electron chi connectivity index (χ2n) is 19.2. The van der Waals surface area contributed by atoms with Gasteiger partial charge in [0.1, 0.15) is 0 Å². The van der Waals surface area contributed by atoms with E-state index in [1.165, 1.54) is 180 Å². The minimum Gasteiger partial charge on any atom is -0.312 e. The second-order valence-corrected chi connectivity index (χ2v) is 21.6. The van der Waals surface area contributed by atoms with Crippen molar-refractivity contribution in [2.45, 2.75) is 285 Å². The monoisotopic (exact) mass is 873 g/mol. The van der Waals surface area contributed by atoms with Gasteiger partial charge in [0.05, 0.1) is 38.6 Å². The van der Waals surface area contributed by atoms with Gasteiger partial charge in [0.15, 0.2) is 0 Å². The van der Waals surface area contributed by atoms with Crippen LogP contribution in [0.25, 0.3) is 0 Å². The van der Waals surface area contributed by atoms with E-state index < -0.39 is 17.2 Å². The Morgan fingerprint density at radius 3 is 0.780 bits per heavy atom. The van der Waals surface area contributed by atoms with Gasteiger partial charge in [-0.2, -0.15) is 0 Å². The maximum Gasteiger partial charge on any atom is 0.332 e. The van der Waals surface area contributed by atoms with E-state index in [-0.39, 0.29) is 12.2 Å². The van der Waals surface area contributed by atoms with Crippen molar-refractivity contribution in [3.05, 3.63) is 0 Å². The van der Waals surface area contributed by atoms with Crippen molar-refractivity contribution in [3.8, 4) is 0 Å². The molecule has 2 aliphatic carbocycles. The maximum atomic E-state index is 6.67. The van der Waals surface area contributed by atoms with E-state index in [0.29, 0.717) is 5.41 Å². The molecule has 0 aromatic carbocycles. The van der Waals surface area contributed by atoms with Gasteiger partial charge >= 0.3 is 17.2 Å². The summed E-state index contributed by atoms with van der Waals surface area (Å²) in [6.45, 7) is 17.4. The topological polar surface area (TPSA) is 55.4 Å². The molecule has 0 amide bonds. The molecule has 2 aliphatic rings. The van der Waals surface area contributed by atoms with E-state index in [0.717, 1.165) is 89.6 Å². The SMILES string of the molecule is CCCCCCCCCOP(OCCCCCCCCC)OC1CCC(C(C)(C)C2CCC(OP(OCCCCCCCCC)OCCCCCCCCC)CC2)CC1. The molecule has 2 fully saturated rings. The molecule has 8 heteroatoms. The van der Waals surface area contributed by atoms with Gasteiger partial charge in [-0.1, -0.05) is 196 Å². The summed E-state index contributed by atoms with van der Waals surface area (Å²) in [4.78, 5) is 0. The lowest BCUT2D eigenvalue weighted by Crippen LogP contribution is -2.38. The molecule has 0 unspecified atom stereocenters. The molecular weight excluding hydrogens is 771 g/mol. The van der Waals surface area contributed by atoms with E-state index in [9.17, 15) is 0 Å². The van der Waals surface area contributed by atoms with Crippen molar-refractivity contribution in [3.63, 3.8) is 0 Å². The van der Waals surface area contributed by atoms with Gasteiger partial charge in [-0.3, -0.25) is 0 Å². The van der Waals surface area contributed by atoms with Gasteiger partial charge in [0, 0.05) is 0 Å². The molecule has 2 saturated carbocycles. The zero-order valence-corrected chi connectivity index (χ0v) is 42.2. The molecule has 6 nitrogen and oxygen atoms in total. The highest BCUT2D eigenvalue weighted by atomic mass is 31.2. The molecule has 0 atom stereocenters. The summed E-state index contributed by atoms with van der Waals surface area (Å²) < 4.78 is 38.7. The van der Waals surface area contributed by atoms with E-state index >= 15 is 0 Å². The predicted octanol–water partition coefficient (Wildman–Crippen LogP) is 18.7. The second kappa shape index (κ2) is 39.0. The summed E-state index contributed by atoms with van der Waals surface area (Å²) in [7, 11) is -2.53. The molecule has 0 spiro atoms. The molecule has 2 rings (SSSR count). The highest BCUT2D eigenvalue weighted by Crippen LogP contribution is 2.52. The third kappa shape index (κ3) is 28.9. The fourth-order valence-corrected chi connectivity index (χ4v) is 11.8. The van der Waals surface area contributed by atoms with Gasteiger partial charge in [0.25, 0.3) is 0 Å². The Hall–Kier alpha value is 0.620. The smallest absolute Gasteiger partial charge is 0.312 e. The lowest BCUT2D eigenvalue weighted by Gasteiger charge is -2.46. The van der Waals surface area contributed by atoms with Crippen LogP contribution >= 0.6 is 17.2 Å². The number of rotatable bonds is 42. The maximum absolute atomic E-state index is 6.67. The first-order valence-electron chi connectivity index (χ1n) is 26.4. The molecule has 0 bridgehead atoms. The minimum atomic E-state index is -1.26. The Bertz CT molecular complexity index is 770. The Balaban J connectivity index is 1.78. The van der Waals surface area contributed by atoms with Crippen LogP contribution in [0, 0.1) is 17.3 Å². The van der Waals surface area contributed by atoms with E-state index in [4.69, 9.17) is 27.1 Å². The zero-order valence-electron chi connectivity index (χ0n) is 40.4. The predicted molar refractivity (Wildman–Crippen MR) is 257 cm³/mol. The minimum absolute atomic E-state index is 0.266. The van der Waals surface area contributed by atoms with Crippen LogP contribution < -0.4 is 0 Å². The van der Waals surface area contributed by atoms with E-state index in [2.05, 4.69) is 41.5 Å². The van der Waals surface area contributed by atoms with Crippen LogP contribution in [0.5, 0.6) is 0 Å². The van der Waals surface area contributed by atoms with Crippen molar-refractivity contribution in [1.29, 1.82) is 0 Å². The normalized spacial score (nSPS) is 20.3. The van der Waals surface area contributed by atoms with Gasteiger partial charge in [0.2, 0.25) is 0 Å². The van der Waals surface area contributed by atoms with E-state index in [1.807, 2.05) is 0 Å². The summed E-state index contributed by atoms with van der Waals surface area (Å²) in [5.41, 5.74) is 0.327. The summed E-state index contributed by atoms with van der Waals surface area (Å²) >= 11 is 0. The average Bonchev–Trinajstić information content (AvgIpc) is 3.24. The molecular formula is C51H102O6P2. The Morgan fingerprint density at radius 2 is 0.542 bits per heavy atom. The summed E-state index contributed by atoms with van der Waals surface area (Å²) in [6.07, 6.45) is 46.3. The number of unbranched alkanes of at least 4 members (excludes halogenated alkanes) is 24. The highest BCUT2D eigenvalue weighted by molar-refractivity contribution is 7.42. The van der Waals surface area contributed by atoms with Gasteiger partial charge < -0.3 is 27.1 Å². The largest absolute Gasteiger partial charge is 0.332 e. The fourth-order valence-electron chi connectivity index (χ4n) is 9.39. The van der Waals surface area contributed by atoms with Crippen LogP contribution in [0.15, 0.2) is 0 Å². The average molecular weight is 873 g/mol. The van der Waals surface area contributed by atoms with Crippen LogP contribution in [0.4, 0.5) is 0 Å². The third-order valence-electron chi connectivity index (χ3n) is 13.7. The molecule has 0 aromatic heterocycles. The molecule has 0 aromatic rings. The van der Waals surface area contributed by atoms with Crippen molar-refractivity contribution >= 4 is 17.2 Å². The summed E-state index contributed by atoms with van der Waals surface area (Å²) in [5, 5.41) is 0. The van der Waals surface area contributed by atoms with Crippen LogP contribution in [0.3, 0.4) is 0 Å². The van der Waals surface area contributed by atoms with Crippen molar-refractivity contribution in [2.24, 2.45) is 17.3 Å². The molecule has 0 heterocycles. The first-order valence-corrected chi connectivity index (χ1v) is 28.6. The molecule has 0 N–H and O–H groups in total. The quantitative estimate of drug-likeness (QED) is 0.0450. The summed E-state index contributed by atoms with van der Waals surface area (Å²) in [5.74, 6) is 1.48. The molecule has 0 aliphatic heterocycles. The van der Waals surface area contributed by atoms with E-state index in [1.54, 1.807) is 0 Å². The lowest BCUT2D eigenvalue weighted by molar-refractivity contribution is 0.00223. The van der Waals surface area contributed by atoms with Gasteiger partial charge in [-0.05, 0) is 94.3 Å². The van der Waals surface area contributed by atoms with Gasteiger partial charge in [-0.25, -0.2) is 0 Å². The molecule has 352 valence electrons. The van der Waals surface area contributed by atoms with Crippen LogP contribution in [-0.4, -0.2) is 38.6 Å². The van der Waals surface area contributed by atoms with Crippen LogP contribution in [-0.2, 0) is 27.1 Å². The lowest BCUT2D eigenvalue weighted by atomic mass is 9.60. The van der Waals surface area contributed by atoms with Crippen molar-refractivity contribution in [2.75, 3.05) is 26.4 Å². The molecule has 0 saturated heterocycles. The highest BCUT2D eigenvalue weighted by Gasteiger charge is 2.41. The van der Waals surface area contributed by atoms with Crippen molar-refractivity contribution < 1.29 is 27.1 Å². The Labute approximate surface area is 371 Å². The van der Waals surface area contributed by atoms with Crippen LogP contribution in [0.2, 0.25) is 0 Å². The van der Waals surface area contributed by atoms with Gasteiger partial charge in [-0.15, -0.1) is 0 Å². The number of hydrogen-bond donors (Lipinski definition) is 0. The molecule has 59 heavy (non-hydrogen) atoms. The first-order chi connectivity index (χ1) is 28.9. The standard InChI is InChI=1S/C51H102O6P2/c1-7-11-15-19-23-27-31-43-52-58(53-44-32-28-24-20-16-12-8-2)56-49-39-35-47(36-40-49)51(5,6)48-37-41-50(42-38-48)57-59(54-45-33-29-25-21-17-13-9-3)55-46-34-30-26-22-18-14-10-4/h47-50H,7-46H2,1-6H3. The Kier molecular flexibility index (Phi) is 36.9. The Morgan fingerprint density at radius 1 is 0.322 bits per heavy atom. The fraction of sp³-hybridized carbons (Fsp3) is 1.00. The summed E-state index contributed by atoms with van der Waals surface area (Å²) in [6, 6.07) is 0. The zero-order chi connectivity index (χ0) is 42.5.